The second-order valence-corrected chi connectivity index (χ2v) is 24.5. The molecule has 11 rings (SSSR count). The van der Waals surface area contributed by atoms with Gasteiger partial charge in [-0.1, -0.05) is 186 Å². The molecule has 0 atom stereocenters. The Bertz CT molecular complexity index is 3530. The van der Waals surface area contributed by atoms with E-state index >= 15 is 0 Å². The number of hydrogen-bond donors (Lipinski definition) is 0. The van der Waals surface area contributed by atoms with Crippen molar-refractivity contribution in [2.24, 2.45) is 0 Å². The number of benzene rings is 9. The average molecular weight is 947 g/mol. The van der Waals surface area contributed by atoms with Crippen LogP contribution in [0.15, 0.2) is 164 Å². The SMILES string of the molecule is [C-]#[N+]c1cc(-c2ccccc2)cc(C#N)c1-c1cc2c3c(c1)N(c1cc(C(C)(C)C)cc(C(C)(C)C)c1)c1ccc4ccccc4c1B3c1c(ccc3ccccc13)N2c1cc(C(C)(C)C)cc(C(C)(C)C)c1. The van der Waals surface area contributed by atoms with Gasteiger partial charge in [0.1, 0.15) is 0 Å². The first-order chi connectivity index (χ1) is 34.6. The fourth-order valence-corrected chi connectivity index (χ4v) is 11.4. The Morgan fingerprint density at radius 3 is 1.26 bits per heavy atom. The Balaban J connectivity index is 1.36. The summed E-state index contributed by atoms with van der Waals surface area (Å²) in [5.41, 5.74) is 18.8. The van der Waals surface area contributed by atoms with Crippen LogP contribution in [0.2, 0.25) is 0 Å². The summed E-state index contributed by atoms with van der Waals surface area (Å²) in [5.74, 6) is 0. The summed E-state index contributed by atoms with van der Waals surface area (Å²) in [6.07, 6.45) is 0. The van der Waals surface area contributed by atoms with Gasteiger partial charge in [-0.3, -0.25) is 0 Å². The van der Waals surface area contributed by atoms with Gasteiger partial charge in [0.2, 0.25) is 0 Å². The average Bonchev–Trinajstić information content (AvgIpc) is 3.36. The molecule has 0 N–H and O–H groups in total. The molecule has 73 heavy (non-hydrogen) atoms. The number of hydrogen-bond acceptors (Lipinski definition) is 3. The Hall–Kier alpha value is -7.86. The van der Waals surface area contributed by atoms with Crippen molar-refractivity contribution in [3.63, 3.8) is 0 Å². The lowest BCUT2D eigenvalue weighted by molar-refractivity contribution is 0.568. The van der Waals surface area contributed by atoms with Crippen molar-refractivity contribution >= 4 is 84.5 Å². The molecule has 9 aromatic carbocycles. The summed E-state index contributed by atoms with van der Waals surface area (Å²) in [6, 6.07) is 62.7. The van der Waals surface area contributed by atoms with Crippen LogP contribution in [0.4, 0.5) is 39.8 Å². The molecular formula is C68H63BN4. The molecule has 4 nitrogen and oxygen atoms in total. The van der Waals surface area contributed by atoms with Crippen molar-refractivity contribution in [2.75, 3.05) is 9.80 Å². The van der Waals surface area contributed by atoms with Gasteiger partial charge >= 0.3 is 0 Å². The quantitative estimate of drug-likeness (QED) is 0.130. The highest BCUT2D eigenvalue weighted by Crippen LogP contribution is 2.51. The highest BCUT2D eigenvalue weighted by molar-refractivity contribution is 7.03. The van der Waals surface area contributed by atoms with Crippen LogP contribution in [0.1, 0.15) is 111 Å². The van der Waals surface area contributed by atoms with Crippen LogP contribution in [-0.4, -0.2) is 6.71 Å². The van der Waals surface area contributed by atoms with Crippen molar-refractivity contribution in [1.82, 2.24) is 0 Å². The smallest absolute Gasteiger partial charge is 0.253 e. The monoisotopic (exact) mass is 947 g/mol. The highest BCUT2D eigenvalue weighted by atomic mass is 15.2. The van der Waals surface area contributed by atoms with Crippen LogP contribution in [0, 0.1) is 17.9 Å². The van der Waals surface area contributed by atoms with Crippen LogP contribution in [0.5, 0.6) is 0 Å². The first kappa shape index (κ1) is 47.5. The molecule has 0 aliphatic carbocycles. The van der Waals surface area contributed by atoms with E-state index in [1.807, 2.05) is 42.5 Å². The number of nitrogens with zero attached hydrogens (tertiary/aromatic N) is 4. The molecule has 2 aliphatic heterocycles. The predicted octanol–water partition coefficient (Wildman–Crippen LogP) is 17.0. The van der Waals surface area contributed by atoms with E-state index in [4.69, 9.17) is 6.57 Å². The van der Waals surface area contributed by atoms with Crippen molar-refractivity contribution in [1.29, 1.82) is 5.26 Å². The summed E-state index contributed by atoms with van der Waals surface area (Å²) < 4.78 is 0. The summed E-state index contributed by atoms with van der Waals surface area (Å²) in [4.78, 5) is 9.30. The molecule has 0 saturated carbocycles. The summed E-state index contributed by atoms with van der Waals surface area (Å²) in [5, 5.41) is 16.1. The van der Waals surface area contributed by atoms with E-state index < -0.39 is 0 Å². The number of anilines is 6. The van der Waals surface area contributed by atoms with E-state index in [0.717, 1.165) is 50.8 Å². The molecule has 0 amide bonds. The Kier molecular flexibility index (Phi) is 11.0. The lowest BCUT2D eigenvalue weighted by atomic mass is 9.32. The maximum atomic E-state index is 11.3. The van der Waals surface area contributed by atoms with Crippen LogP contribution in [-0.2, 0) is 21.7 Å². The summed E-state index contributed by atoms with van der Waals surface area (Å²) >= 11 is 0. The van der Waals surface area contributed by atoms with Gasteiger partial charge in [-0.15, -0.1) is 0 Å². The van der Waals surface area contributed by atoms with Gasteiger partial charge in [-0.25, -0.2) is 4.85 Å². The molecule has 2 aliphatic rings. The van der Waals surface area contributed by atoms with Crippen LogP contribution in [0.25, 0.3) is 48.6 Å². The first-order valence-corrected chi connectivity index (χ1v) is 25.8. The topological polar surface area (TPSA) is 34.6 Å². The number of fused-ring (bicyclic) bond motifs is 8. The maximum Gasteiger partial charge on any atom is 0.253 e. The minimum absolute atomic E-state index is 0.147. The molecule has 5 heteroatoms. The van der Waals surface area contributed by atoms with Gasteiger partial charge in [0.15, 0.2) is 5.69 Å². The second kappa shape index (κ2) is 16.9. The molecule has 0 radical (unpaired) electrons. The maximum absolute atomic E-state index is 11.3. The predicted molar refractivity (Wildman–Crippen MR) is 312 cm³/mol. The van der Waals surface area contributed by atoms with Gasteiger partial charge in [-0.2, -0.15) is 5.26 Å². The van der Waals surface area contributed by atoms with Crippen LogP contribution in [0.3, 0.4) is 0 Å². The zero-order valence-electron chi connectivity index (χ0n) is 44.5. The molecule has 2 heterocycles. The highest BCUT2D eigenvalue weighted by Gasteiger charge is 2.46. The van der Waals surface area contributed by atoms with Crippen molar-refractivity contribution < 1.29 is 0 Å². The second-order valence-electron chi connectivity index (χ2n) is 24.5. The molecule has 358 valence electrons. The van der Waals surface area contributed by atoms with Crippen molar-refractivity contribution in [3.8, 4) is 28.3 Å². The van der Waals surface area contributed by atoms with Gasteiger partial charge in [0, 0.05) is 45.3 Å². The molecule has 0 saturated heterocycles. The van der Waals surface area contributed by atoms with Crippen molar-refractivity contribution in [2.45, 2.75) is 105 Å². The molecule has 0 unspecified atom stereocenters. The molecule has 0 aromatic heterocycles. The lowest BCUT2D eigenvalue weighted by Gasteiger charge is -2.46. The van der Waals surface area contributed by atoms with E-state index in [0.29, 0.717) is 16.8 Å². The fourth-order valence-electron chi connectivity index (χ4n) is 11.4. The zero-order chi connectivity index (χ0) is 51.5. The molecule has 0 bridgehead atoms. The van der Waals surface area contributed by atoms with Gasteiger partial charge in [-0.05, 0) is 159 Å². The third-order valence-electron chi connectivity index (χ3n) is 15.4. The largest absolute Gasteiger partial charge is 0.311 e. The van der Waals surface area contributed by atoms with E-state index in [2.05, 4.69) is 225 Å². The van der Waals surface area contributed by atoms with Gasteiger partial charge < -0.3 is 9.80 Å². The van der Waals surface area contributed by atoms with E-state index in [9.17, 15) is 5.26 Å². The number of nitriles is 1. The summed E-state index contributed by atoms with van der Waals surface area (Å²) in [7, 11) is 0. The molecule has 0 spiro atoms. The molecule has 9 aromatic rings. The standard InChI is InChI=1S/C68H63BN4/c1-65(2,3)48-35-49(66(4,5)6)38-52(37-48)72-57-29-27-43-23-17-19-25-54(43)62(57)69-63-55-26-20-18-24-44(55)28-30-58(63)73(53-39-50(67(7,8)9)36-51(40-53)68(10,11)12)60-34-46(33-59(72)64(60)69)61-47(41-70)31-45(32-56(61)71-13)42-21-15-14-16-22-42/h14-40H,1-12H3. The zero-order valence-corrected chi connectivity index (χ0v) is 44.5. The van der Waals surface area contributed by atoms with E-state index in [-0.39, 0.29) is 28.4 Å². The molecular weight excluding hydrogens is 884 g/mol. The van der Waals surface area contributed by atoms with Crippen LogP contribution >= 0.6 is 0 Å². The van der Waals surface area contributed by atoms with E-state index in [1.165, 1.54) is 60.2 Å². The first-order valence-electron chi connectivity index (χ1n) is 25.8. The third kappa shape index (κ3) is 7.98. The van der Waals surface area contributed by atoms with Crippen LogP contribution < -0.4 is 26.2 Å². The third-order valence-corrected chi connectivity index (χ3v) is 15.4. The number of rotatable bonds is 4. The molecule has 0 fully saturated rings. The normalized spacial score (nSPS) is 13.4. The van der Waals surface area contributed by atoms with E-state index in [1.54, 1.807) is 0 Å². The Labute approximate surface area is 433 Å². The van der Waals surface area contributed by atoms with Gasteiger partial charge in [0.25, 0.3) is 6.71 Å². The minimum Gasteiger partial charge on any atom is -0.311 e. The minimum atomic E-state index is -0.189. The lowest BCUT2D eigenvalue weighted by Crippen LogP contribution is -2.61. The van der Waals surface area contributed by atoms with Crippen molar-refractivity contribution in [3.05, 3.63) is 203 Å². The Morgan fingerprint density at radius 1 is 0.425 bits per heavy atom. The van der Waals surface area contributed by atoms with Gasteiger partial charge in [0.05, 0.1) is 12.6 Å². The Morgan fingerprint density at radius 2 is 0.849 bits per heavy atom. The summed E-state index contributed by atoms with van der Waals surface area (Å²) in [6.45, 7) is 36.3. The fraction of sp³-hybridized carbons (Fsp3) is 0.235.